The van der Waals surface area contributed by atoms with Crippen LogP contribution in [0.3, 0.4) is 0 Å². The first kappa shape index (κ1) is 16.6. The number of carbonyl (C=O) groups is 1. The fraction of sp³-hybridized carbons (Fsp3) is 0.350. The number of methoxy groups -OCH3 is 1. The summed E-state index contributed by atoms with van der Waals surface area (Å²) in [6.45, 7) is 1.54. The molecule has 3 heterocycles. The minimum absolute atomic E-state index is 0.0417. The summed E-state index contributed by atoms with van der Waals surface area (Å²) >= 11 is 0. The topological polar surface area (TPSA) is 71.1 Å². The minimum Gasteiger partial charge on any atom is -0.481 e. The Kier molecular flexibility index (Phi) is 4.56. The number of fused-ring (bicyclic) bond motifs is 1. The van der Waals surface area contributed by atoms with Gasteiger partial charge in [0.1, 0.15) is 5.82 Å². The molecule has 1 aliphatic heterocycles. The number of H-pyrrole nitrogens is 1. The van der Waals surface area contributed by atoms with Crippen molar-refractivity contribution in [2.45, 2.75) is 19.3 Å². The van der Waals surface area contributed by atoms with Crippen LogP contribution in [-0.4, -0.2) is 46.0 Å². The summed E-state index contributed by atoms with van der Waals surface area (Å²) in [7, 11) is 1.56. The largest absolute Gasteiger partial charge is 0.481 e. The van der Waals surface area contributed by atoms with E-state index in [4.69, 9.17) is 4.74 Å². The van der Waals surface area contributed by atoms with E-state index >= 15 is 0 Å². The molecule has 6 heteroatoms. The predicted molar refractivity (Wildman–Crippen MR) is 99.2 cm³/mol. The molecule has 0 radical (unpaired) electrons. The molecule has 1 amide bonds. The van der Waals surface area contributed by atoms with Crippen LogP contribution in [-0.2, 0) is 6.42 Å². The highest BCUT2D eigenvalue weighted by Gasteiger charge is 2.25. The number of hydrogen-bond acceptors (Lipinski definition) is 4. The number of para-hydroxylation sites is 2. The van der Waals surface area contributed by atoms with Crippen molar-refractivity contribution in [2.24, 2.45) is 5.92 Å². The van der Waals surface area contributed by atoms with Crippen molar-refractivity contribution < 1.29 is 9.53 Å². The third-order valence-electron chi connectivity index (χ3n) is 4.92. The summed E-state index contributed by atoms with van der Waals surface area (Å²) in [5.74, 6) is 1.92. The lowest BCUT2D eigenvalue weighted by Crippen LogP contribution is -2.40. The molecule has 1 N–H and O–H groups in total. The van der Waals surface area contributed by atoms with E-state index in [0.29, 0.717) is 17.4 Å². The number of carbonyl (C=O) groups excluding carboxylic acids is 1. The molecule has 1 aromatic carbocycles. The van der Waals surface area contributed by atoms with Crippen LogP contribution in [0.1, 0.15) is 29.0 Å². The molecule has 26 heavy (non-hydrogen) atoms. The summed E-state index contributed by atoms with van der Waals surface area (Å²) in [5.41, 5.74) is 2.69. The molecule has 134 valence electrons. The molecule has 1 fully saturated rings. The van der Waals surface area contributed by atoms with Crippen molar-refractivity contribution in [3.63, 3.8) is 0 Å². The van der Waals surface area contributed by atoms with Crippen molar-refractivity contribution in [3.8, 4) is 5.88 Å². The van der Waals surface area contributed by atoms with Crippen LogP contribution in [0.2, 0.25) is 0 Å². The molecule has 4 rings (SSSR count). The Morgan fingerprint density at radius 2 is 2.23 bits per heavy atom. The molecule has 1 aliphatic rings. The average Bonchev–Trinajstić information content (AvgIpc) is 3.10. The van der Waals surface area contributed by atoms with Crippen LogP contribution < -0.4 is 4.74 Å². The smallest absolute Gasteiger partial charge is 0.254 e. The van der Waals surface area contributed by atoms with Gasteiger partial charge >= 0.3 is 0 Å². The Hall–Kier alpha value is -2.89. The van der Waals surface area contributed by atoms with E-state index < -0.39 is 0 Å². The summed E-state index contributed by atoms with van der Waals surface area (Å²) in [6, 6.07) is 11.5. The van der Waals surface area contributed by atoms with Crippen molar-refractivity contribution in [1.29, 1.82) is 0 Å². The molecular formula is C20H22N4O2. The van der Waals surface area contributed by atoms with Gasteiger partial charge < -0.3 is 14.6 Å². The first-order chi connectivity index (χ1) is 12.7. The molecule has 0 bridgehead atoms. The van der Waals surface area contributed by atoms with E-state index in [1.54, 1.807) is 25.4 Å². The highest BCUT2D eigenvalue weighted by Crippen LogP contribution is 2.23. The molecule has 0 aliphatic carbocycles. The van der Waals surface area contributed by atoms with Gasteiger partial charge in [0.25, 0.3) is 5.91 Å². The van der Waals surface area contributed by atoms with Crippen LogP contribution >= 0.6 is 0 Å². The summed E-state index contributed by atoms with van der Waals surface area (Å²) in [4.78, 5) is 26.9. The zero-order valence-electron chi connectivity index (χ0n) is 14.8. The Balaban J connectivity index is 1.45. The number of nitrogens with zero attached hydrogens (tertiary/aromatic N) is 3. The number of ether oxygens (including phenoxy) is 1. The van der Waals surface area contributed by atoms with Crippen molar-refractivity contribution in [2.75, 3.05) is 20.2 Å². The van der Waals surface area contributed by atoms with Gasteiger partial charge in [0.2, 0.25) is 5.88 Å². The molecule has 3 aromatic rings. The second-order valence-corrected chi connectivity index (χ2v) is 6.75. The van der Waals surface area contributed by atoms with Gasteiger partial charge in [-0.3, -0.25) is 4.79 Å². The van der Waals surface area contributed by atoms with Crippen molar-refractivity contribution >= 4 is 16.9 Å². The zero-order valence-corrected chi connectivity index (χ0v) is 14.8. The van der Waals surface area contributed by atoms with Gasteiger partial charge in [-0.1, -0.05) is 12.1 Å². The van der Waals surface area contributed by atoms with Crippen LogP contribution in [0, 0.1) is 5.92 Å². The zero-order chi connectivity index (χ0) is 17.9. The second kappa shape index (κ2) is 7.15. The van der Waals surface area contributed by atoms with Crippen molar-refractivity contribution in [3.05, 3.63) is 54.0 Å². The molecular weight excluding hydrogens is 328 g/mol. The van der Waals surface area contributed by atoms with Crippen LogP contribution in [0.25, 0.3) is 11.0 Å². The Morgan fingerprint density at radius 3 is 3.08 bits per heavy atom. The number of amides is 1. The number of piperidine rings is 1. The SMILES string of the molecule is COc1cc(C(=O)N2CCC[C@H](Cc3nc4ccccc4[nH]3)C2)ccn1. The summed E-state index contributed by atoms with van der Waals surface area (Å²) < 4.78 is 5.13. The second-order valence-electron chi connectivity index (χ2n) is 6.75. The fourth-order valence-corrected chi connectivity index (χ4v) is 3.63. The van der Waals surface area contributed by atoms with E-state index in [1.807, 2.05) is 29.2 Å². The number of nitrogens with one attached hydrogen (secondary N) is 1. The maximum Gasteiger partial charge on any atom is 0.254 e. The number of benzene rings is 1. The van der Waals surface area contributed by atoms with E-state index in [9.17, 15) is 4.79 Å². The molecule has 1 atom stereocenters. The van der Waals surface area contributed by atoms with E-state index in [2.05, 4.69) is 15.0 Å². The first-order valence-corrected chi connectivity index (χ1v) is 8.96. The third-order valence-corrected chi connectivity index (χ3v) is 4.92. The highest BCUT2D eigenvalue weighted by molar-refractivity contribution is 5.94. The van der Waals surface area contributed by atoms with Gasteiger partial charge in [0, 0.05) is 37.3 Å². The Morgan fingerprint density at radius 1 is 1.35 bits per heavy atom. The number of rotatable bonds is 4. The fourth-order valence-electron chi connectivity index (χ4n) is 3.63. The van der Waals surface area contributed by atoms with Crippen LogP contribution in [0.5, 0.6) is 5.88 Å². The highest BCUT2D eigenvalue weighted by atomic mass is 16.5. The van der Waals surface area contributed by atoms with E-state index in [1.165, 1.54) is 0 Å². The Bertz CT molecular complexity index is 888. The predicted octanol–water partition coefficient (Wildman–Crippen LogP) is 3.06. The van der Waals surface area contributed by atoms with E-state index in [-0.39, 0.29) is 5.91 Å². The molecule has 0 saturated carbocycles. The number of aromatic nitrogens is 3. The Labute approximate surface area is 152 Å². The maximum absolute atomic E-state index is 12.8. The number of likely N-dealkylation sites (tertiary alicyclic amines) is 1. The van der Waals surface area contributed by atoms with Gasteiger partial charge in [0.05, 0.1) is 18.1 Å². The van der Waals surface area contributed by atoms with Gasteiger partial charge in [-0.15, -0.1) is 0 Å². The lowest BCUT2D eigenvalue weighted by atomic mass is 9.94. The molecule has 1 saturated heterocycles. The molecule has 0 spiro atoms. The molecule has 6 nitrogen and oxygen atoms in total. The lowest BCUT2D eigenvalue weighted by Gasteiger charge is -2.32. The quantitative estimate of drug-likeness (QED) is 0.785. The average molecular weight is 350 g/mol. The molecule has 2 aromatic heterocycles. The standard InChI is InChI=1S/C20H22N4O2/c1-26-19-12-15(8-9-21-19)20(25)24-10-4-5-14(13-24)11-18-22-16-6-2-3-7-17(16)23-18/h2-3,6-9,12,14H,4-5,10-11,13H2,1H3,(H,22,23)/t14-/m1/s1. The van der Waals surface area contributed by atoms with Gasteiger partial charge in [-0.2, -0.15) is 0 Å². The monoisotopic (exact) mass is 350 g/mol. The van der Waals surface area contributed by atoms with Gasteiger partial charge in [0.15, 0.2) is 0 Å². The summed E-state index contributed by atoms with van der Waals surface area (Å²) in [6.07, 6.45) is 4.60. The van der Waals surface area contributed by atoms with Crippen LogP contribution in [0.4, 0.5) is 0 Å². The minimum atomic E-state index is 0.0417. The first-order valence-electron chi connectivity index (χ1n) is 8.96. The number of hydrogen-bond donors (Lipinski definition) is 1. The number of pyridine rings is 1. The normalized spacial score (nSPS) is 17.4. The van der Waals surface area contributed by atoms with Gasteiger partial charge in [-0.25, -0.2) is 9.97 Å². The lowest BCUT2D eigenvalue weighted by molar-refractivity contribution is 0.0671. The summed E-state index contributed by atoms with van der Waals surface area (Å²) in [5, 5.41) is 0. The molecule has 0 unspecified atom stereocenters. The third kappa shape index (κ3) is 3.40. The number of imidazole rings is 1. The van der Waals surface area contributed by atoms with Crippen LogP contribution in [0.15, 0.2) is 42.6 Å². The van der Waals surface area contributed by atoms with Gasteiger partial charge in [-0.05, 0) is 37.0 Å². The number of aromatic amines is 1. The van der Waals surface area contributed by atoms with Crippen molar-refractivity contribution in [1.82, 2.24) is 19.9 Å². The maximum atomic E-state index is 12.8. The van der Waals surface area contributed by atoms with E-state index in [0.717, 1.165) is 49.2 Å².